The quantitative estimate of drug-likeness (QED) is 0.547. The van der Waals surface area contributed by atoms with Crippen LogP contribution < -0.4 is 0 Å². The summed E-state index contributed by atoms with van der Waals surface area (Å²) in [4.78, 5) is 0. The molecule has 3 heteroatoms. The summed E-state index contributed by atoms with van der Waals surface area (Å²) in [5.41, 5.74) is 1.52. The number of thiophene rings is 1. The second-order valence-corrected chi connectivity index (χ2v) is 6.05. The Bertz CT molecular complexity index is 291. The molecule has 0 radical (unpaired) electrons. The molecule has 1 aliphatic carbocycles. The van der Waals surface area contributed by atoms with Crippen LogP contribution >= 0.6 is 22.9 Å². The van der Waals surface area contributed by atoms with Crippen molar-refractivity contribution in [2.24, 2.45) is 5.92 Å². The molecule has 0 bridgehead atoms. The van der Waals surface area contributed by atoms with E-state index in [0.717, 1.165) is 18.9 Å². The molecule has 96 valence electrons. The van der Waals surface area contributed by atoms with Crippen molar-refractivity contribution in [2.45, 2.75) is 44.6 Å². The molecule has 0 amide bonds. The topological polar surface area (TPSA) is 9.23 Å². The number of rotatable bonds is 6. The van der Waals surface area contributed by atoms with Crippen LogP contribution in [0.4, 0.5) is 0 Å². The van der Waals surface area contributed by atoms with Crippen molar-refractivity contribution in [3.05, 3.63) is 22.4 Å². The summed E-state index contributed by atoms with van der Waals surface area (Å²) < 4.78 is 5.82. The SMILES string of the molecule is ClCCCOC1CCC(Cc2ccsc2)CC1. The molecule has 0 aliphatic heterocycles. The van der Waals surface area contributed by atoms with Crippen LogP contribution in [0.2, 0.25) is 0 Å². The van der Waals surface area contributed by atoms with Gasteiger partial charge in [0.1, 0.15) is 0 Å². The molecule has 1 fully saturated rings. The molecule has 1 heterocycles. The lowest BCUT2D eigenvalue weighted by Gasteiger charge is -2.28. The van der Waals surface area contributed by atoms with Crippen LogP contribution in [0, 0.1) is 5.92 Å². The summed E-state index contributed by atoms with van der Waals surface area (Å²) in [5.74, 6) is 1.59. The highest BCUT2D eigenvalue weighted by molar-refractivity contribution is 7.07. The first-order valence-corrected chi connectivity index (χ1v) is 8.05. The van der Waals surface area contributed by atoms with Crippen molar-refractivity contribution in [3.8, 4) is 0 Å². The van der Waals surface area contributed by atoms with Gasteiger partial charge in [-0.2, -0.15) is 11.3 Å². The lowest BCUT2D eigenvalue weighted by molar-refractivity contribution is 0.0188. The van der Waals surface area contributed by atoms with Gasteiger partial charge in [0.25, 0.3) is 0 Å². The van der Waals surface area contributed by atoms with Crippen LogP contribution in [0.15, 0.2) is 16.8 Å². The lowest BCUT2D eigenvalue weighted by atomic mass is 9.84. The number of hydrogen-bond acceptors (Lipinski definition) is 2. The van der Waals surface area contributed by atoms with Gasteiger partial charge in [0, 0.05) is 12.5 Å². The molecule has 1 aromatic rings. The molecule has 0 saturated heterocycles. The van der Waals surface area contributed by atoms with E-state index in [-0.39, 0.29) is 0 Å². The van der Waals surface area contributed by atoms with Crippen molar-refractivity contribution in [1.82, 2.24) is 0 Å². The fourth-order valence-corrected chi connectivity index (χ4v) is 3.34. The van der Waals surface area contributed by atoms with Crippen LogP contribution in [-0.2, 0) is 11.2 Å². The first-order chi connectivity index (χ1) is 8.38. The number of hydrogen-bond donors (Lipinski definition) is 0. The standard InChI is InChI=1S/C14H21ClOS/c15-7-1-8-16-14-4-2-12(3-5-14)10-13-6-9-17-11-13/h6,9,11-12,14H,1-5,7-8,10H2. The highest BCUT2D eigenvalue weighted by atomic mass is 35.5. The molecule has 0 atom stereocenters. The van der Waals surface area contributed by atoms with E-state index in [1.807, 2.05) is 0 Å². The van der Waals surface area contributed by atoms with Gasteiger partial charge < -0.3 is 4.74 Å². The molecular weight excluding hydrogens is 252 g/mol. The van der Waals surface area contributed by atoms with Crippen LogP contribution in [0.5, 0.6) is 0 Å². The fraction of sp³-hybridized carbons (Fsp3) is 0.714. The van der Waals surface area contributed by atoms with Crippen molar-refractivity contribution >= 4 is 22.9 Å². The van der Waals surface area contributed by atoms with Gasteiger partial charge in [-0.05, 0) is 66.8 Å². The minimum absolute atomic E-state index is 0.497. The third-order valence-corrected chi connectivity index (χ3v) is 4.53. The van der Waals surface area contributed by atoms with Crippen LogP contribution in [-0.4, -0.2) is 18.6 Å². The zero-order chi connectivity index (χ0) is 11.9. The molecule has 1 aromatic heterocycles. The van der Waals surface area contributed by atoms with Gasteiger partial charge in [-0.15, -0.1) is 11.6 Å². The molecule has 0 aromatic carbocycles. The average molecular weight is 273 g/mol. The zero-order valence-electron chi connectivity index (χ0n) is 10.2. The second kappa shape index (κ2) is 7.40. The Labute approximate surface area is 113 Å². The Morgan fingerprint density at radius 3 is 2.76 bits per heavy atom. The van der Waals surface area contributed by atoms with Gasteiger partial charge >= 0.3 is 0 Å². The summed E-state index contributed by atoms with van der Waals surface area (Å²) in [6.07, 6.45) is 7.85. The monoisotopic (exact) mass is 272 g/mol. The molecule has 1 aliphatic rings. The average Bonchev–Trinajstić information content (AvgIpc) is 2.85. The minimum atomic E-state index is 0.497. The highest BCUT2D eigenvalue weighted by Gasteiger charge is 2.21. The maximum absolute atomic E-state index is 5.82. The molecule has 0 spiro atoms. The van der Waals surface area contributed by atoms with Crippen molar-refractivity contribution in [3.63, 3.8) is 0 Å². The van der Waals surface area contributed by atoms with Gasteiger partial charge in [0.05, 0.1) is 6.10 Å². The minimum Gasteiger partial charge on any atom is -0.378 e. The van der Waals surface area contributed by atoms with E-state index in [1.165, 1.54) is 37.7 Å². The van der Waals surface area contributed by atoms with Crippen molar-refractivity contribution in [2.75, 3.05) is 12.5 Å². The molecule has 1 nitrogen and oxygen atoms in total. The van der Waals surface area contributed by atoms with Crippen LogP contribution in [0.1, 0.15) is 37.7 Å². The smallest absolute Gasteiger partial charge is 0.0575 e. The molecule has 17 heavy (non-hydrogen) atoms. The lowest BCUT2D eigenvalue weighted by Crippen LogP contribution is -2.23. The van der Waals surface area contributed by atoms with E-state index in [2.05, 4.69) is 16.8 Å². The van der Waals surface area contributed by atoms with Crippen molar-refractivity contribution in [1.29, 1.82) is 0 Å². The Morgan fingerprint density at radius 1 is 1.29 bits per heavy atom. The molecule has 2 rings (SSSR count). The fourth-order valence-electron chi connectivity index (χ4n) is 2.55. The largest absolute Gasteiger partial charge is 0.378 e. The number of ether oxygens (including phenoxy) is 1. The van der Waals surface area contributed by atoms with Gasteiger partial charge in [0.15, 0.2) is 0 Å². The van der Waals surface area contributed by atoms with Gasteiger partial charge in [-0.3, -0.25) is 0 Å². The maximum atomic E-state index is 5.82. The van der Waals surface area contributed by atoms with Crippen LogP contribution in [0.25, 0.3) is 0 Å². The van der Waals surface area contributed by atoms with E-state index in [4.69, 9.17) is 16.3 Å². The Morgan fingerprint density at radius 2 is 2.12 bits per heavy atom. The van der Waals surface area contributed by atoms with Crippen LogP contribution in [0.3, 0.4) is 0 Å². The predicted molar refractivity (Wildman–Crippen MR) is 75.1 cm³/mol. The summed E-state index contributed by atoms with van der Waals surface area (Å²) in [6.45, 7) is 0.837. The van der Waals surface area contributed by atoms with Gasteiger partial charge in [-0.1, -0.05) is 0 Å². The summed E-state index contributed by atoms with van der Waals surface area (Å²) in [6, 6.07) is 2.26. The third kappa shape index (κ3) is 4.61. The van der Waals surface area contributed by atoms with Crippen molar-refractivity contribution < 1.29 is 4.74 Å². The number of alkyl halides is 1. The van der Waals surface area contributed by atoms with E-state index in [1.54, 1.807) is 11.3 Å². The Balaban J connectivity index is 1.64. The second-order valence-electron chi connectivity index (χ2n) is 4.89. The van der Waals surface area contributed by atoms with E-state index < -0.39 is 0 Å². The molecule has 0 N–H and O–H groups in total. The Hall–Kier alpha value is -0.0500. The first kappa shape index (κ1) is 13.4. The van der Waals surface area contributed by atoms with E-state index >= 15 is 0 Å². The predicted octanol–water partition coefficient (Wildman–Crippen LogP) is 4.49. The molecular formula is C14H21ClOS. The molecule has 0 unspecified atom stereocenters. The maximum Gasteiger partial charge on any atom is 0.0575 e. The summed E-state index contributed by atoms with van der Waals surface area (Å²) >= 11 is 7.45. The van der Waals surface area contributed by atoms with Gasteiger partial charge in [-0.25, -0.2) is 0 Å². The Kier molecular flexibility index (Phi) is 5.82. The highest BCUT2D eigenvalue weighted by Crippen LogP contribution is 2.29. The molecule has 1 saturated carbocycles. The van der Waals surface area contributed by atoms with Gasteiger partial charge in [0.2, 0.25) is 0 Å². The first-order valence-electron chi connectivity index (χ1n) is 6.57. The normalized spacial score (nSPS) is 25.0. The zero-order valence-corrected chi connectivity index (χ0v) is 11.8. The third-order valence-electron chi connectivity index (χ3n) is 3.53. The summed E-state index contributed by atoms with van der Waals surface area (Å²) in [7, 11) is 0. The number of halogens is 1. The van der Waals surface area contributed by atoms with E-state index in [9.17, 15) is 0 Å². The summed E-state index contributed by atoms with van der Waals surface area (Å²) in [5, 5.41) is 4.46. The van der Waals surface area contributed by atoms with E-state index in [0.29, 0.717) is 12.0 Å².